The average Bonchev–Trinajstić information content (AvgIpc) is 2.86. The van der Waals surface area contributed by atoms with E-state index in [1.165, 1.54) is 56.5 Å². The van der Waals surface area contributed by atoms with Crippen LogP contribution in [0.25, 0.3) is 6.08 Å². The first-order valence-corrected chi connectivity index (χ1v) is 13.4. The molecule has 0 saturated heterocycles. The number of anilines is 2. The van der Waals surface area contributed by atoms with Crippen molar-refractivity contribution in [1.82, 2.24) is 0 Å². The Balaban J connectivity index is 1.89. The third kappa shape index (κ3) is 7.13. The molecule has 12 heteroatoms. The number of halogens is 2. The zero-order chi connectivity index (χ0) is 28.0. The summed E-state index contributed by atoms with van der Waals surface area (Å²) in [6.07, 6.45) is 1.32. The topological polar surface area (TPSA) is 135 Å². The smallest absolute Gasteiger partial charge is 0.339 e. The summed E-state index contributed by atoms with van der Waals surface area (Å²) in [6.45, 7) is 3.12. The van der Waals surface area contributed by atoms with Crippen LogP contribution in [0, 0.1) is 18.3 Å². The Kier molecular flexibility index (Phi) is 9.17. The minimum Gasteiger partial charge on any atom is -0.493 e. The second-order valence-electron chi connectivity index (χ2n) is 7.86. The van der Waals surface area contributed by atoms with Crippen molar-refractivity contribution in [2.24, 2.45) is 0 Å². The van der Waals surface area contributed by atoms with Crippen molar-refractivity contribution in [3.63, 3.8) is 0 Å². The number of methoxy groups -OCH3 is 1. The zero-order valence-corrected chi connectivity index (χ0v) is 23.5. The molecule has 0 aliphatic carbocycles. The quantitative estimate of drug-likeness (QED) is 0.188. The van der Waals surface area contributed by atoms with E-state index in [2.05, 4.69) is 26.6 Å². The fourth-order valence-corrected chi connectivity index (χ4v) is 4.98. The number of benzene rings is 3. The standard InChI is InChI=1S/C26H21BrClN3O6S/c1-15-4-5-19(28)13-23(15)31-26(33)18(14-29)10-17-11-22(27)25(24(12-17)36-3)37-38(34,35)21-8-6-20(7-9-21)30-16(2)32/h4-13H,1-3H3,(H,30,32)(H,31,33)/b18-10+. The summed E-state index contributed by atoms with van der Waals surface area (Å²) in [5, 5.41) is 15.2. The lowest BCUT2D eigenvalue weighted by Gasteiger charge is -2.14. The van der Waals surface area contributed by atoms with Crippen LogP contribution in [-0.2, 0) is 19.7 Å². The van der Waals surface area contributed by atoms with Gasteiger partial charge in [-0.1, -0.05) is 17.7 Å². The molecule has 3 aromatic carbocycles. The lowest BCUT2D eigenvalue weighted by Crippen LogP contribution is -2.14. The Hall–Kier alpha value is -3.85. The third-order valence-corrected chi connectivity index (χ3v) is 7.09. The van der Waals surface area contributed by atoms with Crippen LogP contribution in [0.2, 0.25) is 5.02 Å². The zero-order valence-electron chi connectivity index (χ0n) is 20.3. The highest BCUT2D eigenvalue weighted by Gasteiger charge is 2.22. The van der Waals surface area contributed by atoms with E-state index in [1.54, 1.807) is 25.1 Å². The monoisotopic (exact) mass is 617 g/mol. The number of ether oxygens (including phenoxy) is 1. The van der Waals surface area contributed by atoms with E-state index in [-0.39, 0.29) is 32.3 Å². The molecule has 0 spiro atoms. The van der Waals surface area contributed by atoms with Gasteiger partial charge in [-0.2, -0.15) is 13.7 Å². The van der Waals surface area contributed by atoms with Crippen LogP contribution >= 0.6 is 27.5 Å². The van der Waals surface area contributed by atoms with E-state index in [0.29, 0.717) is 22.0 Å². The molecule has 9 nitrogen and oxygen atoms in total. The minimum absolute atomic E-state index is 0.0347. The number of amides is 2. The van der Waals surface area contributed by atoms with Gasteiger partial charge in [0.25, 0.3) is 5.91 Å². The van der Waals surface area contributed by atoms with Crippen molar-refractivity contribution < 1.29 is 26.9 Å². The van der Waals surface area contributed by atoms with E-state index in [1.807, 2.05) is 6.07 Å². The first-order chi connectivity index (χ1) is 17.9. The van der Waals surface area contributed by atoms with E-state index in [0.717, 1.165) is 5.56 Å². The van der Waals surface area contributed by atoms with Crippen molar-refractivity contribution in [1.29, 1.82) is 5.26 Å². The van der Waals surface area contributed by atoms with Gasteiger partial charge in [-0.3, -0.25) is 9.59 Å². The summed E-state index contributed by atoms with van der Waals surface area (Å²) in [5.41, 5.74) is 1.80. The van der Waals surface area contributed by atoms with Gasteiger partial charge in [0.1, 0.15) is 16.5 Å². The lowest BCUT2D eigenvalue weighted by atomic mass is 10.1. The van der Waals surface area contributed by atoms with Crippen molar-refractivity contribution in [3.8, 4) is 17.6 Å². The molecule has 2 N–H and O–H groups in total. The molecule has 3 rings (SSSR count). The van der Waals surface area contributed by atoms with Gasteiger partial charge in [-0.05, 0) is 88.6 Å². The number of hydrogen-bond acceptors (Lipinski definition) is 7. The Bertz CT molecular complexity index is 1580. The average molecular weight is 619 g/mol. The molecule has 0 aromatic heterocycles. The molecule has 38 heavy (non-hydrogen) atoms. The molecule has 2 amide bonds. The molecule has 0 aliphatic rings. The largest absolute Gasteiger partial charge is 0.493 e. The molecular formula is C26H21BrClN3O6S. The van der Waals surface area contributed by atoms with Crippen LogP contribution < -0.4 is 19.6 Å². The number of nitrogens with zero attached hydrogens (tertiary/aromatic N) is 1. The van der Waals surface area contributed by atoms with E-state index in [4.69, 9.17) is 20.5 Å². The number of carbonyl (C=O) groups excluding carboxylic acids is 2. The fourth-order valence-electron chi connectivity index (χ4n) is 3.20. The van der Waals surface area contributed by atoms with Crippen LogP contribution in [0.15, 0.2) is 69.5 Å². The first-order valence-electron chi connectivity index (χ1n) is 10.8. The number of aryl methyl sites for hydroxylation is 1. The van der Waals surface area contributed by atoms with E-state index >= 15 is 0 Å². The maximum atomic E-state index is 12.9. The van der Waals surface area contributed by atoms with Gasteiger partial charge in [-0.25, -0.2) is 0 Å². The molecular weight excluding hydrogens is 598 g/mol. The van der Waals surface area contributed by atoms with E-state index in [9.17, 15) is 23.3 Å². The molecule has 0 aliphatic heterocycles. The highest BCUT2D eigenvalue weighted by atomic mass is 79.9. The maximum absolute atomic E-state index is 12.9. The highest BCUT2D eigenvalue weighted by molar-refractivity contribution is 9.10. The molecule has 0 atom stereocenters. The number of nitriles is 1. The second kappa shape index (κ2) is 12.1. The molecule has 0 heterocycles. The van der Waals surface area contributed by atoms with Gasteiger partial charge in [0.15, 0.2) is 11.5 Å². The molecule has 196 valence electrons. The second-order valence-corrected chi connectivity index (χ2v) is 10.7. The molecule has 0 saturated carbocycles. The summed E-state index contributed by atoms with van der Waals surface area (Å²) in [4.78, 5) is 23.8. The summed E-state index contributed by atoms with van der Waals surface area (Å²) in [7, 11) is -2.96. The molecule has 0 unspecified atom stereocenters. The number of rotatable bonds is 8. The number of hydrogen-bond donors (Lipinski definition) is 2. The van der Waals surface area contributed by atoms with Crippen LogP contribution in [0.1, 0.15) is 18.1 Å². The Morgan fingerprint density at radius 2 is 1.76 bits per heavy atom. The van der Waals surface area contributed by atoms with Crippen LogP contribution in [0.3, 0.4) is 0 Å². The first kappa shape index (κ1) is 28.7. The lowest BCUT2D eigenvalue weighted by molar-refractivity contribution is -0.114. The van der Waals surface area contributed by atoms with E-state index < -0.39 is 16.0 Å². The highest BCUT2D eigenvalue weighted by Crippen LogP contribution is 2.39. The fraction of sp³-hybridized carbons (Fsp3) is 0.115. The SMILES string of the molecule is COc1cc(/C=C(\C#N)C(=O)Nc2cc(Cl)ccc2C)cc(Br)c1OS(=O)(=O)c1ccc(NC(C)=O)cc1. The summed E-state index contributed by atoms with van der Waals surface area (Å²) >= 11 is 9.28. The molecule has 0 radical (unpaired) electrons. The number of carbonyl (C=O) groups is 2. The Morgan fingerprint density at radius 1 is 1.08 bits per heavy atom. The van der Waals surface area contributed by atoms with Crippen LogP contribution in [0.5, 0.6) is 11.5 Å². The Morgan fingerprint density at radius 3 is 2.37 bits per heavy atom. The van der Waals surface area contributed by atoms with Gasteiger partial charge < -0.3 is 19.6 Å². The summed E-state index contributed by atoms with van der Waals surface area (Å²) in [5.74, 6) is -1.05. The number of nitrogens with one attached hydrogen (secondary N) is 2. The third-order valence-electron chi connectivity index (χ3n) is 5.03. The van der Waals surface area contributed by atoms with Gasteiger partial charge >= 0.3 is 10.1 Å². The summed E-state index contributed by atoms with van der Waals surface area (Å²) < 4.78 is 36.6. The van der Waals surface area contributed by atoms with Gasteiger partial charge in [0.2, 0.25) is 5.91 Å². The van der Waals surface area contributed by atoms with Crippen LogP contribution in [0.4, 0.5) is 11.4 Å². The predicted molar refractivity (Wildman–Crippen MR) is 148 cm³/mol. The maximum Gasteiger partial charge on any atom is 0.339 e. The van der Waals surface area contributed by atoms with Gasteiger partial charge in [0.05, 0.1) is 11.6 Å². The van der Waals surface area contributed by atoms with Gasteiger partial charge in [-0.15, -0.1) is 0 Å². The molecule has 0 bridgehead atoms. The normalized spacial score (nSPS) is 11.3. The Labute approximate surface area is 233 Å². The summed E-state index contributed by atoms with van der Waals surface area (Å²) in [6, 6.07) is 15.2. The van der Waals surface area contributed by atoms with Crippen LogP contribution in [-0.4, -0.2) is 27.3 Å². The van der Waals surface area contributed by atoms with Crippen molar-refractivity contribution in [2.45, 2.75) is 18.7 Å². The molecule has 0 fully saturated rings. The molecule has 3 aromatic rings. The van der Waals surface area contributed by atoms with Crippen molar-refractivity contribution in [2.75, 3.05) is 17.7 Å². The minimum atomic E-state index is -4.28. The van der Waals surface area contributed by atoms with Crippen molar-refractivity contribution in [3.05, 3.63) is 80.8 Å². The van der Waals surface area contributed by atoms with Gasteiger partial charge in [0, 0.05) is 23.3 Å². The van der Waals surface area contributed by atoms with Crippen molar-refractivity contribution >= 4 is 66.9 Å². The predicted octanol–water partition coefficient (Wildman–Crippen LogP) is 5.69.